The Morgan fingerprint density at radius 2 is 2.16 bits per heavy atom. The number of carbonyl (C=O) groups is 2. The summed E-state index contributed by atoms with van der Waals surface area (Å²) in [5.41, 5.74) is 2.79. The summed E-state index contributed by atoms with van der Waals surface area (Å²) in [7, 11) is 0. The molecule has 1 N–H and O–H groups in total. The van der Waals surface area contributed by atoms with Crippen LogP contribution < -0.4 is 5.32 Å². The number of fused-ring (bicyclic) bond motifs is 3. The monoisotopic (exact) mass is 338 g/mol. The Kier molecular flexibility index (Phi) is 3.76. The highest BCUT2D eigenvalue weighted by atomic mass is 19.1. The lowest BCUT2D eigenvalue weighted by Crippen LogP contribution is -2.23. The van der Waals surface area contributed by atoms with Crippen molar-refractivity contribution in [2.24, 2.45) is 0 Å². The van der Waals surface area contributed by atoms with E-state index in [2.05, 4.69) is 15.4 Å². The van der Waals surface area contributed by atoms with Gasteiger partial charge in [0.1, 0.15) is 11.4 Å². The Labute approximate surface area is 142 Å². The van der Waals surface area contributed by atoms with E-state index in [0.717, 1.165) is 18.5 Å². The fraction of sp³-hybridized carbons (Fsp3) is 0.222. The Hall–Kier alpha value is -3.09. The largest absolute Gasteiger partial charge is 0.348 e. The van der Waals surface area contributed by atoms with E-state index in [0.29, 0.717) is 28.8 Å². The molecule has 2 aromatic heterocycles. The molecular weight excluding hydrogens is 323 g/mol. The highest BCUT2D eigenvalue weighted by Crippen LogP contribution is 2.22. The van der Waals surface area contributed by atoms with Gasteiger partial charge in [-0.2, -0.15) is 5.10 Å². The van der Waals surface area contributed by atoms with Crippen molar-refractivity contribution in [3.63, 3.8) is 0 Å². The SMILES string of the molecule is O=C1CCCc2c1cnc1c(C(=O)NCc3cccc(F)c3)cnn21. The molecule has 1 amide bonds. The molecule has 0 unspecified atom stereocenters. The number of Topliss-reactive ketones (excluding diaryl/α,β-unsaturated/α-hetero) is 1. The van der Waals surface area contributed by atoms with Crippen LogP contribution in [-0.2, 0) is 13.0 Å². The van der Waals surface area contributed by atoms with Gasteiger partial charge in [0, 0.05) is 19.2 Å². The summed E-state index contributed by atoms with van der Waals surface area (Å²) < 4.78 is 14.8. The second-order valence-electron chi connectivity index (χ2n) is 6.00. The van der Waals surface area contributed by atoms with E-state index in [-0.39, 0.29) is 24.1 Å². The molecule has 4 rings (SSSR count). The number of nitrogens with one attached hydrogen (secondary N) is 1. The second-order valence-corrected chi connectivity index (χ2v) is 6.00. The first-order valence-electron chi connectivity index (χ1n) is 8.05. The summed E-state index contributed by atoms with van der Waals surface area (Å²) in [4.78, 5) is 28.7. The zero-order valence-corrected chi connectivity index (χ0v) is 13.3. The molecule has 25 heavy (non-hydrogen) atoms. The first kappa shape index (κ1) is 15.4. The van der Waals surface area contributed by atoms with Crippen molar-refractivity contribution >= 4 is 17.3 Å². The number of aromatic nitrogens is 3. The van der Waals surface area contributed by atoms with E-state index in [1.807, 2.05) is 0 Å². The third-order valence-corrected chi connectivity index (χ3v) is 4.33. The van der Waals surface area contributed by atoms with Crippen molar-refractivity contribution < 1.29 is 14.0 Å². The van der Waals surface area contributed by atoms with E-state index < -0.39 is 0 Å². The van der Waals surface area contributed by atoms with Crippen molar-refractivity contribution in [3.8, 4) is 0 Å². The van der Waals surface area contributed by atoms with Gasteiger partial charge in [-0.15, -0.1) is 0 Å². The summed E-state index contributed by atoms with van der Waals surface area (Å²) >= 11 is 0. The van der Waals surface area contributed by atoms with Crippen LogP contribution in [0.2, 0.25) is 0 Å². The van der Waals surface area contributed by atoms with Gasteiger partial charge in [0.15, 0.2) is 11.4 Å². The topological polar surface area (TPSA) is 76.4 Å². The smallest absolute Gasteiger partial charge is 0.257 e. The average Bonchev–Trinajstić information content (AvgIpc) is 3.05. The van der Waals surface area contributed by atoms with Crippen LogP contribution in [0.1, 0.15) is 44.8 Å². The van der Waals surface area contributed by atoms with Gasteiger partial charge in [0.2, 0.25) is 0 Å². The Balaban J connectivity index is 1.61. The molecule has 3 aromatic rings. The van der Waals surface area contributed by atoms with Crippen molar-refractivity contribution in [3.05, 3.63) is 64.9 Å². The molecule has 6 nitrogen and oxygen atoms in total. The number of benzene rings is 1. The number of ketones is 1. The fourth-order valence-corrected chi connectivity index (χ4v) is 3.09. The zero-order chi connectivity index (χ0) is 17.4. The molecule has 1 aliphatic carbocycles. The third kappa shape index (κ3) is 2.77. The highest BCUT2D eigenvalue weighted by Gasteiger charge is 2.23. The Bertz CT molecular complexity index is 996. The van der Waals surface area contributed by atoms with Gasteiger partial charge >= 0.3 is 0 Å². The molecule has 2 heterocycles. The molecule has 126 valence electrons. The third-order valence-electron chi connectivity index (χ3n) is 4.33. The number of rotatable bonds is 3. The molecular formula is C18H15FN4O2. The highest BCUT2D eigenvalue weighted by molar-refractivity contribution is 6.01. The number of aryl methyl sites for hydroxylation is 1. The predicted molar refractivity (Wildman–Crippen MR) is 87.8 cm³/mol. The minimum Gasteiger partial charge on any atom is -0.348 e. The Morgan fingerprint density at radius 3 is 3.00 bits per heavy atom. The van der Waals surface area contributed by atoms with Crippen LogP contribution in [0.4, 0.5) is 4.39 Å². The molecule has 1 aromatic carbocycles. The molecule has 0 saturated heterocycles. The number of hydrogen-bond acceptors (Lipinski definition) is 4. The lowest BCUT2D eigenvalue weighted by molar-refractivity contribution is 0.0950. The van der Waals surface area contributed by atoms with Gasteiger partial charge in [-0.3, -0.25) is 9.59 Å². The first-order valence-corrected chi connectivity index (χ1v) is 8.05. The summed E-state index contributed by atoms with van der Waals surface area (Å²) in [6.45, 7) is 0.206. The minimum atomic E-state index is -0.347. The number of carbonyl (C=O) groups excluding carboxylic acids is 2. The van der Waals surface area contributed by atoms with Gasteiger partial charge in [-0.25, -0.2) is 13.9 Å². The van der Waals surface area contributed by atoms with Gasteiger partial charge < -0.3 is 5.32 Å². The number of hydrogen-bond donors (Lipinski definition) is 1. The van der Waals surface area contributed by atoms with Gasteiger partial charge in [0.25, 0.3) is 5.91 Å². The van der Waals surface area contributed by atoms with Crippen molar-refractivity contribution in [1.82, 2.24) is 19.9 Å². The Morgan fingerprint density at radius 1 is 1.28 bits per heavy atom. The van der Waals surface area contributed by atoms with Gasteiger partial charge in [-0.05, 0) is 30.5 Å². The summed E-state index contributed by atoms with van der Waals surface area (Å²) in [5, 5.41) is 6.98. The van der Waals surface area contributed by atoms with Crippen LogP contribution in [0, 0.1) is 5.82 Å². The standard InChI is InChI=1S/C18H15FN4O2/c19-12-4-1-3-11(7-12)8-21-18(25)14-10-22-23-15-5-2-6-16(24)13(15)9-20-17(14)23/h1,3-4,7,9-10H,2,5-6,8H2,(H,21,25). The molecule has 0 saturated carbocycles. The molecule has 0 bridgehead atoms. The molecule has 0 radical (unpaired) electrons. The van der Waals surface area contributed by atoms with E-state index >= 15 is 0 Å². The van der Waals surface area contributed by atoms with Gasteiger partial charge in [0.05, 0.1) is 17.5 Å². The van der Waals surface area contributed by atoms with Crippen LogP contribution >= 0.6 is 0 Å². The minimum absolute atomic E-state index is 0.0586. The summed E-state index contributed by atoms with van der Waals surface area (Å²) in [6.07, 6.45) is 4.99. The lowest BCUT2D eigenvalue weighted by Gasteiger charge is -2.14. The molecule has 0 aliphatic heterocycles. The van der Waals surface area contributed by atoms with Crippen LogP contribution in [0.3, 0.4) is 0 Å². The summed E-state index contributed by atoms with van der Waals surface area (Å²) in [5.74, 6) is -0.627. The zero-order valence-electron chi connectivity index (χ0n) is 13.3. The molecule has 1 aliphatic rings. The van der Waals surface area contributed by atoms with E-state index in [4.69, 9.17) is 0 Å². The maximum absolute atomic E-state index is 13.2. The summed E-state index contributed by atoms with van der Waals surface area (Å²) in [6, 6.07) is 6.05. The molecule has 0 atom stereocenters. The van der Waals surface area contributed by atoms with Gasteiger partial charge in [-0.1, -0.05) is 12.1 Å². The van der Waals surface area contributed by atoms with E-state index in [9.17, 15) is 14.0 Å². The number of halogens is 1. The average molecular weight is 338 g/mol. The van der Waals surface area contributed by atoms with E-state index in [1.54, 1.807) is 16.6 Å². The van der Waals surface area contributed by atoms with Crippen LogP contribution in [-0.4, -0.2) is 26.3 Å². The normalized spacial score (nSPS) is 13.7. The van der Waals surface area contributed by atoms with E-state index in [1.165, 1.54) is 24.5 Å². The quantitative estimate of drug-likeness (QED) is 0.795. The first-order chi connectivity index (χ1) is 12.1. The second kappa shape index (κ2) is 6.08. The number of amides is 1. The lowest BCUT2D eigenvalue weighted by atomic mass is 9.96. The predicted octanol–water partition coefficient (Wildman–Crippen LogP) is 2.32. The van der Waals surface area contributed by atoms with Crippen LogP contribution in [0.15, 0.2) is 36.7 Å². The fourth-order valence-electron chi connectivity index (χ4n) is 3.09. The molecule has 0 fully saturated rings. The number of nitrogens with zero attached hydrogens (tertiary/aromatic N) is 3. The maximum Gasteiger partial charge on any atom is 0.257 e. The molecule has 7 heteroatoms. The van der Waals surface area contributed by atoms with Crippen LogP contribution in [0.25, 0.3) is 5.65 Å². The molecule has 0 spiro atoms. The van der Waals surface area contributed by atoms with Crippen LogP contribution in [0.5, 0.6) is 0 Å². The van der Waals surface area contributed by atoms with Crippen molar-refractivity contribution in [1.29, 1.82) is 0 Å². The maximum atomic E-state index is 13.2. The van der Waals surface area contributed by atoms with Crippen molar-refractivity contribution in [2.45, 2.75) is 25.8 Å². The van der Waals surface area contributed by atoms with Crippen molar-refractivity contribution in [2.75, 3.05) is 0 Å².